The first kappa shape index (κ1) is 21.5. The molecule has 1 atom stereocenters. The standard InChI is InChI=1S/C25H25F2N5O/c1-16(25-30-23(31-33-25)13-17-5-3-2-4-6-17)32-11-9-18(10-12-32)24-28-15-22(29-24)19-7-8-20(26)21(27)14-19/h2-8,14-16,18H,9-13H2,1H3,(H,28,29)/t16-/m1/s1. The number of likely N-dealkylation sites (tertiary alicyclic amines) is 1. The van der Waals surface area contributed by atoms with Gasteiger partial charge in [0.2, 0.25) is 5.89 Å². The molecule has 33 heavy (non-hydrogen) atoms. The van der Waals surface area contributed by atoms with Crippen molar-refractivity contribution >= 4 is 0 Å². The Labute approximate surface area is 190 Å². The van der Waals surface area contributed by atoms with Gasteiger partial charge < -0.3 is 9.51 Å². The summed E-state index contributed by atoms with van der Waals surface area (Å²) >= 11 is 0. The van der Waals surface area contributed by atoms with Crippen LogP contribution in [0.15, 0.2) is 59.3 Å². The average Bonchev–Trinajstić information content (AvgIpc) is 3.52. The molecule has 1 saturated heterocycles. The summed E-state index contributed by atoms with van der Waals surface area (Å²) in [5, 5.41) is 4.16. The lowest BCUT2D eigenvalue weighted by molar-refractivity contribution is 0.135. The van der Waals surface area contributed by atoms with Crippen LogP contribution in [0.2, 0.25) is 0 Å². The molecule has 2 aromatic heterocycles. The Kier molecular flexibility index (Phi) is 6.00. The minimum Gasteiger partial charge on any atom is -0.342 e. The third-order valence-electron chi connectivity index (χ3n) is 6.34. The van der Waals surface area contributed by atoms with Crippen molar-refractivity contribution in [2.75, 3.05) is 13.1 Å². The van der Waals surface area contributed by atoms with Crippen LogP contribution in [0.3, 0.4) is 0 Å². The summed E-state index contributed by atoms with van der Waals surface area (Å²) in [6, 6.07) is 14.0. The number of benzene rings is 2. The van der Waals surface area contributed by atoms with Gasteiger partial charge in [-0.05, 0) is 56.6 Å². The summed E-state index contributed by atoms with van der Waals surface area (Å²) in [6.45, 7) is 3.85. The first-order chi connectivity index (χ1) is 16.1. The van der Waals surface area contributed by atoms with E-state index in [0.717, 1.165) is 43.4 Å². The predicted octanol–water partition coefficient (Wildman–Crippen LogP) is 5.27. The third kappa shape index (κ3) is 4.71. The summed E-state index contributed by atoms with van der Waals surface area (Å²) in [4.78, 5) is 14.8. The molecule has 8 heteroatoms. The zero-order valence-electron chi connectivity index (χ0n) is 18.3. The maximum absolute atomic E-state index is 13.6. The lowest BCUT2D eigenvalue weighted by Gasteiger charge is -2.33. The molecule has 0 aliphatic carbocycles. The quantitative estimate of drug-likeness (QED) is 0.434. The van der Waals surface area contributed by atoms with Crippen molar-refractivity contribution in [2.45, 2.75) is 38.1 Å². The Balaban J connectivity index is 1.19. The molecule has 1 aliphatic heterocycles. The summed E-state index contributed by atoms with van der Waals surface area (Å²) in [7, 11) is 0. The normalized spacial score (nSPS) is 16.2. The van der Waals surface area contributed by atoms with Gasteiger partial charge in [0.1, 0.15) is 5.82 Å². The number of hydrogen-bond donors (Lipinski definition) is 1. The van der Waals surface area contributed by atoms with Crippen LogP contribution in [-0.4, -0.2) is 38.1 Å². The monoisotopic (exact) mass is 449 g/mol. The van der Waals surface area contributed by atoms with Crippen LogP contribution >= 0.6 is 0 Å². The minimum absolute atomic E-state index is 0.0392. The van der Waals surface area contributed by atoms with Gasteiger partial charge >= 0.3 is 0 Å². The molecular weight excluding hydrogens is 424 g/mol. The summed E-state index contributed by atoms with van der Waals surface area (Å²) in [5.41, 5.74) is 2.43. The number of piperidine rings is 1. The Morgan fingerprint density at radius 3 is 2.64 bits per heavy atom. The van der Waals surface area contributed by atoms with E-state index in [-0.39, 0.29) is 12.0 Å². The van der Waals surface area contributed by atoms with Crippen LogP contribution in [0.25, 0.3) is 11.3 Å². The molecule has 1 fully saturated rings. The molecule has 5 rings (SSSR count). The van der Waals surface area contributed by atoms with E-state index >= 15 is 0 Å². The van der Waals surface area contributed by atoms with Gasteiger partial charge in [-0.25, -0.2) is 13.8 Å². The van der Waals surface area contributed by atoms with E-state index in [4.69, 9.17) is 4.52 Å². The van der Waals surface area contributed by atoms with E-state index in [0.29, 0.717) is 29.4 Å². The van der Waals surface area contributed by atoms with Gasteiger partial charge in [0.15, 0.2) is 17.5 Å². The van der Waals surface area contributed by atoms with Gasteiger partial charge in [-0.3, -0.25) is 4.90 Å². The Morgan fingerprint density at radius 1 is 1.09 bits per heavy atom. The maximum Gasteiger partial charge on any atom is 0.243 e. The predicted molar refractivity (Wildman–Crippen MR) is 119 cm³/mol. The van der Waals surface area contributed by atoms with E-state index in [9.17, 15) is 8.78 Å². The van der Waals surface area contributed by atoms with E-state index in [1.165, 1.54) is 6.07 Å². The number of hydrogen-bond acceptors (Lipinski definition) is 5. The fourth-order valence-electron chi connectivity index (χ4n) is 4.36. The average molecular weight is 450 g/mol. The molecule has 0 bridgehead atoms. The van der Waals surface area contributed by atoms with Crippen LogP contribution in [-0.2, 0) is 6.42 Å². The fourth-order valence-corrected chi connectivity index (χ4v) is 4.36. The van der Waals surface area contributed by atoms with Crippen LogP contribution in [0.1, 0.15) is 54.8 Å². The Hall–Kier alpha value is -3.39. The highest BCUT2D eigenvalue weighted by atomic mass is 19.2. The smallest absolute Gasteiger partial charge is 0.243 e. The van der Waals surface area contributed by atoms with Crippen molar-refractivity contribution in [2.24, 2.45) is 0 Å². The molecular formula is C25H25F2N5O. The highest BCUT2D eigenvalue weighted by Crippen LogP contribution is 2.32. The van der Waals surface area contributed by atoms with Gasteiger partial charge in [-0.1, -0.05) is 35.5 Å². The fraction of sp³-hybridized carbons (Fsp3) is 0.320. The van der Waals surface area contributed by atoms with E-state index in [1.54, 1.807) is 12.3 Å². The van der Waals surface area contributed by atoms with Crippen molar-refractivity contribution in [3.05, 3.63) is 89.5 Å². The maximum atomic E-state index is 13.6. The van der Waals surface area contributed by atoms with E-state index in [2.05, 4.69) is 44.1 Å². The zero-order valence-corrected chi connectivity index (χ0v) is 18.3. The number of aromatic nitrogens is 4. The molecule has 6 nitrogen and oxygen atoms in total. The molecule has 170 valence electrons. The third-order valence-corrected chi connectivity index (χ3v) is 6.34. The second-order valence-electron chi connectivity index (χ2n) is 8.51. The molecule has 1 N–H and O–H groups in total. The van der Waals surface area contributed by atoms with Crippen molar-refractivity contribution in [1.29, 1.82) is 0 Å². The number of imidazole rings is 1. The van der Waals surface area contributed by atoms with Gasteiger partial charge in [0.25, 0.3) is 0 Å². The second-order valence-corrected chi connectivity index (χ2v) is 8.51. The topological polar surface area (TPSA) is 70.8 Å². The highest BCUT2D eigenvalue weighted by molar-refractivity contribution is 5.58. The summed E-state index contributed by atoms with van der Waals surface area (Å²) in [5.74, 6) is 0.775. The number of nitrogens with zero attached hydrogens (tertiary/aromatic N) is 4. The first-order valence-corrected chi connectivity index (χ1v) is 11.2. The van der Waals surface area contributed by atoms with Crippen LogP contribution in [0.5, 0.6) is 0 Å². The largest absolute Gasteiger partial charge is 0.342 e. The minimum atomic E-state index is -0.862. The van der Waals surface area contributed by atoms with Gasteiger partial charge in [-0.2, -0.15) is 4.98 Å². The summed E-state index contributed by atoms with van der Waals surface area (Å²) < 4.78 is 32.3. The molecule has 0 saturated carbocycles. The zero-order chi connectivity index (χ0) is 22.8. The molecule has 0 radical (unpaired) electrons. The number of rotatable bonds is 6. The van der Waals surface area contributed by atoms with Crippen molar-refractivity contribution < 1.29 is 13.3 Å². The SMILES string of the molecule is C[C@H](c1nc(Cc2ccccc2)no1)N1CCC(c2ncc(-c3ccc(F)c(F)c3)[nH]2)CC1. The number of halogens is 2. The molecule has 1 aliphatic rings. The number of H-pyrrole nitrogens is 1. The number of nitrogens with one attached hydrogen (secondary N) is 1. The van der Waals surface area contributed by atoms with Crippen LogP contribution in [0, 0.1) is 11.6 Å². The molecule has 4 aromatic rings. The van der Waals surface area contributed by atoms with Crippen molar-refractivity contribution in [3.8, 4) is 11.3 Å². The Morgan fingerprint density at radius 2 is 1.88 bits per heavy atom. The molecule has 3 heterocycles. The van der Waals surface area contributed by atoms with E-state index < -0.39 is 11.6 Å². The van der Waals surface area contributed by atoms with Gasteiger partial charge in [-0.15, -0.1) is 0 Å². The first-order valence-electron chi connectivity index (χ1n) is 11.2. The van der Waals surface area contributed by atoms with Crippen LogP contribution in [0.4, 0.5) is 8.78 Å². The Bertz CT molecular complexity index is 1210. The lowest BCUT2D eigenvalue weighted by Crippen LogP contribution is -2.35. The van der Waals surface area contributed by atoms with Gasteiger partial charge in [0, 0.05) is 17.9 Å². The molecule has 0 spiro atoms. The molecule has 0 unspecified atom stereocenters. The van der Waals surface area contributed by atoms with Crippen molar-refractivity contribution in [1.82, 2.24) is 25.0 Å². The van der Waals surface area contributed by atoms with Crippen LogP contribution < -0.4 is 0 Å². The van der Waals surface area contributed by atoms with Gasteiger partial charge in [0.05, 0.1) is 17.9 Å². The lowest BCUT2D eigenvalue weighted by atomic mass is 9.95. The molecule has 2 aromatic carbocycles. The van der Waals surface area contributed by atoms with Crippen molar-refractivity contribution in [3.63, 3.8) is 0 Å². The highest BCUT2D eigenvalue weighted by Gasteiger charge is 2.28. The second kappa shape index (κ2) is 9.23. The molecule has 0 amide bonds. The summed E-state index contributed by atoms with van der Waals surface area (Å²) in [6.07, 6.45) is 4.20. The van der Waals surface area contributed by atoms with E-state index in [1.807, 2.05) is 18.2 Å². The number of aromatic amines is 1.